The second kappa shape index (κ2) is 5.48. The predicted molar refractivity (Wildman–Crippen MR) is 83.9 cm³/mol. The van der Waals surface area contributed by atoms with Crippen LogP contribution in [0.1, 0.15) is 18.2 Å². The summed E-state index contributed by atoms with van der Waals surface area (Å²) in [5, 5.41) is 3.62. The topological polar surface area (TPSA) is 79.8 Å². The highest BCUT2D eigenvalue weighted by molar-refractivity contribution is 5.75. The summed E-state index contributed by atoms with van der Waals surface area (Å²) in [5.41, 5.74) is 2.94. The van der Waals surface area contributed by atoms with E-state index < -0.39 is 0 Å². The first-order valence-corrected chi connectivity index (χ1v) is 6.96. The molecule has 1 aromatic carbocycles. The van der Waals surface area contributed by atoms with Gasteiger partial charge in [0, 0.05) is 30.7 Å². The third-order valence-electron chi connectivity index (χ3n) is 3.40. The standard InChI is InChI=1S/C16H16N4O2/c1-10-7-13-9-20(16(22)19-15(13)18-10)14-5-3-12(4-6-14)8-17-11(2)21/h3-7,9H,8H2,1-2H3,(H,17,21)(H,18,19,22). The normalized spacial score (nSPS) is 10.8. The zero-order valence-electron chi connectivity index (χ0n) is 12.4. The Bertz CT molecular complexity index is 891. The van der Waals surface area contributed by atoms with E-state index in [2.05, 4.69) is 15.3 Å². The highest BCUT2D eigenvalue weighted by Crippen LogP contribution is 2.13. The van der Waals surface area contributed by atoms with Crippen LogP contribution in [0, 0.1) is 6.92 Å². The molecule has 0 saturated carbocycles. The Morgan fingerprint density at radius 2 is 2.05 bits per heavy atom. The van der Waals surface area contributed by atoms with E-state index >= 15 is 0 Å². The van der Waals surface area contributed by atoms with Crippen molar-refractivity contribution in [3.05, 3.63) is 58.3 Å². The van der Waals surface area contributed by atoms with E-state index in [-0.39, 0.29) is 11.6 Å². The van der Waals surface area contributed by atoms with E-state index in [9.17, 15) is 9.59 Å². The Hall–Kier alpha value is -2.89. The minimum atomic E-state index is -0.330. The predicted octanol–water partition coefficient (Wildman–Crippen LogP) is 1.66. The molecule has 0 aliphatic heterocycles. The molecule has 112 valence electrons. The van der Waals surface area contributed by atoms with E-state index in [4.69, 9.17) is 0 Å². The number of aromatic amines is 1. The van der Waals surface area contributed by atoms with Gasteiger partial charge in [0.05, 0.1) is 5.69 Å². The molecule has 2 heterocycles. The first kappa shape index (κ1) is 14.1. The molecule has 0 aliphatic rings. The van der Waals surface area contributed by atoms with Crippen molar-refractivity contribution in [2.24, 2.45) is 0 Å². The van der Waals surface area contributed by atoms with Gasteiger partial charge in [-0.3, -0.25) is 9.36 Å². The van der Waals surface area contributed by atoms with Crippen molar-refractivity contribution >= 4 is 16.9 Å². The number of amides is 1. The number of hydrogen-bond donors (Lipinski definition) is 2. The van der Waals surface area contributed by atoms with E-state index in [0.717, 1.165) is 22.3 Å². The monoisotopic (exact) mass is 296 g/mol. The van der Waals surface area contributed by atoms with Crippen molar-refractivity contribution < 1.29 is 4.79 Å². The number of aromatic nitrogens is 3. The number of carbonyl (C=O) groups excluding carboxylic acids is 1. The zero-order valence-corrected chi connectivity index (χ0v) is 12.4. The minimum Gasteiger partial charge on any atom is -0.352 e. The molecule has 6 nitrogen and oxygen atoms in total. The Labute approximate surface area is 126 Å². The smallest absolute Gasteiger partial charge is 0.352 e. The highest BCUT2D eigenvalue weighted by Gasteiger charge is 2.06. The van der Waals surface area contributed by atoms with Crippen molar-refractivity contribution in [3.63, 3.8) is 0 Å². The number of carbonyl (C=O) groups is 1. The Morgan fingerprint density at radius 3 is 2.73 bits per heavy atom. The molecule has 0 bridgehead atoms. The summed E-state index contributed by atoms with van der Waals surface area (Å²) in [6.45, 7) is 3.87. The van der Waals surface area contributed by atoms with E-state index in [0.29, 0.717) is 12.2 Å². The van der Waals surface area contributed by atoms with Gasteiger partial charge >= 0.3 is 5.69 Å². The van der Waals surface area contributed by atoms with Gasteiger partial charge in [0.1, 0.15) is 5.65 Å². The maximum absolute atomic E-state index is 12.1. The number of benzene rings is 1. The van der Waals surface area contributed by atoms with Crippen LogP contribution in [0.2, 0.25) is 0 Å². The van der Waals surface area contributed by atoms with Gasteiger partial charge in [0.25, 0.3) is 0 Å². The van der Waals surface area contributed by atoms with Crippen LogP contribution in [0.3, 0.4) is 0 Å². The van der Waals surface area contributed by atoms with Crippen LogP contribution in [-0.2, 0) is 11.3 Å². The molecule has 0 fully saturated rings. The summed E-state index contributed by atoms with van der Waals surface area (Å²) < 4.78 is 1.51. The Kier molecular flexibility index (Phi) is 3.50. The lowest BCUT2D eigenvalue weighted by Crippen LogP contribution is -2.21. The molecule has 3 rings (SSSR count). The molecular formula is C16H16N4O2. The fraction of sp³-hybridized carbons (Fsp3) is 0.188. The van der Waals surface area contributed by atoms with Crippen LogP contribution in [0.15, 0.2) is 41.3 Å². The molecular weight excluding hydrogens is 280 g/mol. The van der Waals surface area contributed by atoms with Crippen LogP contribution >= 0.6 is 0 Å². The average molecular weight is 296 g/mol. The van der Waals surface area contributed by atoms with Crippen LogP contribution in [0.25, 0.3) is 16.7 Å². The van der Waals surface area contributed by atoms with Gasteiger partial charge in [-0.2, -0.15) is 4.98 Å². The molecule has 0 unspecified atom stereocenters. The first-order chi connectivity index (χ1) is 10.5. The number of aryl methyl sites for hydroxylation is 1. The molecule has 22 heavy (non-hydrogen) atoms. The van der Waals surface area contributed by atoms with E-state index in [1.807, 2.05) is 37.3 Å². The number of hydrogen-bond acceptors (Lipinski definition) is 3. The van der Waals surface area contributed by atoms with Crippen LogP contribution in [0.5, 0.6) is 0 Å². The molecule has 1 amide bonds. The summed E-state index contributed by atoms with van der Waals surface area (Å²) in [5.74, 6) is -0.0715. The van der Waals surface area contributed by atoms with Crippen molar-refractivity contribution in [1.29, 1.82) is 0 Å². The van der Waals surface area contributed by atoms with Gasteiger partial charge in [-0.15, -0.1) is 0 Å². The zero-order chi connectivity index (χ0) is 15.7. The summed E-state index contributed by atoms with van der Waals surface area (Å²) >= 11 is 0. The van der Waals surface area contributed by atoms with Gasteiger partial charge < -0.3 is 10.3 Å². The molecule has 2 aromatic heterocycles. The lowest BCUT2D eigenvalue weighted by atomic mass is 10.2. The van der Waals surface area contributed by atoms with Crippen LogP contribution in [-0.4, -0.2) is 20.4 Å². The first-order valence-electron chi connectivity index (χ1n) is 6.96. The second-order valence-corrected chi connectivity index (χ2v) is 5.23. The Balaban J connectivity index is 1.95. The van der Waals surface area contributed by atoms with E-state index in [1.165, 1.54) is 11.5 Å². The summed E-state index contributed by atoms with van der Waals surface area (Å²) in [7, 11) is 0. The number of rotatable bonds is 3. The quantitative estimate of drug-likeness (QED) is 0.771. The number of nitrogens with one attached hydrogen (secondary N) is 2. The van der Waals surface area contributed by atoms with Crippen molar-refractivity contribution in [2.75, 3.05) is 0 Å². The second-order valence-electron chi connectivity index (χ2n) is 5.23. The molecule has 0 radical (unpaired) electrons. The fourth-order valence-corrected chi connectivity index (χ4v) is 2.32. The van der Waals surface area contributed by atoms with Crippen molar-refractivity contribution in [3.8, 4) is 5.69 Å². The SMILES string of the molecule is CC(=O)NCc1ccc(-n2cc3cc(C)[nH]c3nc2=O)cc1. The third kappa shape index (κ3) is 2.76. The number of fused-ring (bicyclic) bond motifs is 1. The average Bonchev–Trinajstić information content (AvgIpc) is 2.84. The van der Waals surface area contributed by atoms with Gasteiger partial charge in [-0.25, -0.2) is 4.79 Å². The number of H-pyrrole nitrogens is 1. The molecule has 2 N–H and O–H groups in total. The largest absolute Gasteiger partial charge is 0.354 e. The third-order valence-corrected chi connectivity index (χ3v) is 3.40. The molecule has 0 spiro atoms. The van der Waals surface area contributed by atoms with Crippen LogP contribution in [0.4, 0.5) is 0 Å². The van der Waals surface area contributed by atoms with Crippen molar-refractivity contribution in [2.45, 2.75) is 20.4 Å². The van der Waals surface area contributed by atoms with Gasteiger partial charge in [-0.05, 0) is 30.7 Å². The van der Waals surface area contributed by atoms with Crippen LogP contribution < -0.4 is 11.0 Å². The summed E-state index contributed by atoms with van der Waals surface area (Å²) in [6, 6.07) is 9.38. The fourth-order valence-electron chi connectivity index (χ4n) is 2.32. The van der Waals surface area contributed by atoms with Crippen molar-refractivity contribution in [1.82, 2.24) is 19.9 Å². The molecule has 0 aliphatic carbocycles. The Morgan fingerprint density at radius 1 is 1.32 bits per heavy atom. The van der Waals surface area contributed by atoms with Gasteiger partial charge in [-0.1, -0.05) is 12.1 Å². The lowest BCUT2D eigenvalue weighted by molar-refractivity contribution is -0.119. The highest BCUT2D eigenvalue weighted by atomic mass is 16.1. The molecule has 3 aromatic rings. The summed E-state index contributed by atoms with van der Waals surface area (Å²) in [6.07, 6.45) is 1.77. The maximum Gasteiger partial charge on any atom is 0.354 e. The van der Waals surface area contributed by atoms with E-state index in [1.54, 1.807) is 6.20 Å². The minimum absolute atomic E-state index is 0.0715. The van der Waals surface area contributed by atoms with Gasteiger partial charge in [0.2, 0.25) is 5.91 Å². The lowest BCUT2D eigenvalue weighted by Gasteiger charge is -2.07. The summed E-state index contributed by atoms with van der Waals surface area (Å²) in [4.78, 5) is 30.1. The molecule has 0 atom stereocenters. The van der Waals surface area contributed by atoms with Gasteiger partial charge in [0.15, 0.2) is 0 Å². The molecule has 0 saturated heterocycles. The maximum atomic E-state index is 12.1. The number of nitrogens with zero attached hydrogens (tertiary/aromatic N) is 2. The molecule has 6 heteroatoms.